The summed E-state index contributed by atoms with van der Waals surface area (Å²) in [6, 6.07) is 6.13. The van der Waals surface area contributed by atoms with Crippen molar-refractivity contribution in [2.24, 2.45) is 5.92 Å². The zero-order valence-electron chi connectivity index (χ0n) is 15.3. The van der Waals surface area contributed by atoms with Gasteiger partial charge in [-0.3, -0.25) is 9.59 Å². The van der Waals surface area contributed by atoms with Crippen LogP contribution in [0.1, 0.15) is 43.7 Å². The molecule has 0 bridgehead atoms. The molecule has 1 fully saturated rings. The van der Waals surface area contributed by atoms with Crippen molar-refractivity contribution in [3.05, 3.63) is 29.3 Å². The van der Waals surface area contributed by atoms with Crippen molar-refractivity contribution >= 4 is 11.8 Å². The molecule has 1 unspecified atom stereocenters. The first kappa shape index (κ1) is 17.8. The second-order valence-corrected chi connectivity index (χ2v) is 7.03. The van der Waals surface area contributed by atoms with Crippen LogP contribution < -0.4 is 4.74 Å². The summed E-state index contributed by atoms with van der Waals surface area (Å²) in [7, 11) is 1.68. The standard InChI is InChI=1S/C20H28N2O3/c1-3-19(23)21-10-5-7-17(14-21)20(24)22-11-4-6-15-12-18(25-2)9-8-16(15)13-22/h8-9,12,17H,3-7,10-11,13-14H2,1-2H3. The van der Waals surface area contributed by atoms with Gasteiger partial charge in [-0.1, -0.05) is 13.0 Å². The van der Waals surface area contributed by atoms with Gasteiger partial charge in [0.25, 0.3) is 0 Å². The molecule has 0 aromatic heterocycles. The third-order valence-corrected chi connectivity index (χ3v) is 5.39. The van der Waals surface area contributed by atoms with E-state index in [1.165, 1.54) is 11.1 Å². The van der Waals surface area contributed by atoms with Crippen LogP contribution in [0.15, 0.2) is 18.2 Å². The number of likely N-dealkylation sites (tertiary alicyclic amines) is 1. The molecule has 2 aliphatic heterocycles. The molecule has 1 atom stereocenters. The summed E-state index contributed by atoms with van der Waals surface area (Å²) in [5, 5.41) is 0. The number of fused-ring (bicyclic) bond motifs is 1. The average Bonchev–Trinajstić information content (AvgIpc) is 2.88. The number of hydrogen-bond donors (Lipinski definition) is 0. The predicted octanol–water partition coefficient (Wildman–Crippen LogP) is 2.62. The van der Waals surface area contributed by atoms with Crippen LogP contribution in [-0.2, 0) is 22.6 Å². The third-order valence-electron chi connectivity index (χ3n) is 5.39. The van der Waals surface area contributed by atoms with Crippen LogP contribution in [0.25, 0.3) is 0 Å². The quantitative estimate of drug-likeness (QED) is 0.847. The average molecular weight is 344 g/mol. The molecule has 5 nitrogen and oxygen atoms in total. The van der Waals surface area contributed by atoms with E-state index in [-0.39, 0.29) is 17.7 Å². The lowest BCUT2D eigenvalue weighted by molar-refractivity contribution is -0.141. The van der Waals surface area contributed by atoms with E-state index in [1.54, 1.807) is 7.11 Å². The Labute approximate surface area is 149 Å². The number of aryl methyl sites for hydroxylation is 1. The maximum Gasteiger partial charge on any atom is 0.227 e. The number of carbonyl (C=O) groups is 2. The van der Waals surface area contributed by atoms with Gasteiger partial charge in [-0.05, 0) is 48.9 Å². The zero-order chi connectivity index (χ0) is 17.8. The first-order chi connectivity index (χ1) is 12.1. The van der Waals surface area contributed by atoms with E-state index in [4.69, 9.17) is 4.74 Å². The minimum Gasteiger partial charge on any atom is -0.497 e. The first-order valence-corrected chi connectivity index (χ1v) is 9.34. The van der Waals surface area contributed by atoms with Crippen LogP contribution in [0.2, 0.25) is 0 Å². The fourth-order valence-corrected chi connectivity index (χ4v) is 3.94. The van der Waals surface area contributed by atoms with E-state index in [0.717, 1.165) is 44.5 Å². The van der Waals surface area contributed by atoms with Crippen molar-refractivity contribution in [1.82, 2.24) is 9.80 Å². The number of hydrogen-bond acceptors (Lipinski definition) is 3. The van der Waals surface area contributed by atoms with E-state index in [9.17, 15) is 9.59 Å². The molecular formula is C20H28N2O3. The van der Waals surface area contributed by atoms with E-state index in [0.29, 0.717) is 19.5 Å². The number of nitrogens with zero attached hydrogens (tertiary/aromatic N) is 2. The summed E-state index contributed by atoms with van der Waals surface area (Å²) >= 11 is 0. The van der Waals surface area contributed by atoms with Gasteiger partial charge in [-0.15, -0.1) is 0 Å². The number of carbonyl (C=O) groups excluding carboxylic acids is 2. The zero-order valence-corrected chi connectivity index (χ0v) is 15.3. The molecule has 2 heterocycles. The second-order valence-electron chi connectivity index (χ2n) is 7.03. The van der Waals surface area contributed by atoms with Gasteiger partial charge in [0.2, 0.25) is 11.8 Å². The molecule has 3 rings (SSSR count). The Balaban J connectivity index is 1.70. The Morgan fingerprint density at radius 1 is 1.16 bits per heavy atom. The highest BCUT2D eigenvalue weighted by atomic mass is 16.5. The van der Waals surface area contributed by atoms with E-state index in [1.807, 2.05) is 22.8 Å². The highest BCUT2D eigenvalue weighted by molar-refractivity contribution is 5.81. The maximum atomic E-state index is 13.1. The predicted molar refractivity (Wildman–Crippen MR) is 96.3 cm³/mol. The molecule has 5 heteroatoms. The molecular weight excluding hydrogens is 316 g/mol. The van der Waals surface area contributed by atoms with Crippen molar-refractivity contribution in [2.45, 2.75) is 45.6 Å². The highest BCUT2D eigenvalue weighted by Gasteiger charge is 2.31. The van der Waals surface area contributed by atoms with Crippen molar-refractivity contribution in [3.63, 3.8) is 0 Å². The fraction of sp³-hybridized carbons (Fsp3) is 0.600. The molecule has 0 radical (unpaired) electrons. The van der Waals surface area contributed by atoms with Crippen molar-refractivity contribution < 1.29 is 14.3 Å². The van der Waals surface area contributed by atoms with Crippen LogP contribution in [0, 0.1) is 5.92 Å². The fourth-order valence-electron chi connectivity index (χ4n) is 3.94. The van der Waals surface area contributed by atoms with Crippen LogP contribution >= 0.6 is 0 Å². The van der Waals surface area contributed by atoms with Gasteiger partial charge in [0, 0.05) is 32.6 Å². The largest absolute Gasteiger partial charge is 0.497 e. The van der Waals surface area contributed by atoms with Gasteiger partial charge in [-0.25, -0.2) is 0 Å². The summed E-state index contributed by atoms with van der Waals surface area (Å²) in [5.74, 6) is 1.19. The lowest BCUT2D eigenvalue weighted by atomic mass is 9.96. The number of rotatable bonds is 3. The Morgan fingerprint density at radius 3 is 2.72 bits per heavy atom. The first-order valence-electron chi connectivity index (χ1n) is 9.34. The monoisotopic (exact) mass is 344 g/mol. The smallest absolute Gasteiger partial charge is 0.227 e. The van der Waals surface area contributed by atoms with E-state index < -0.39 is 0 Å². The Morgan fingerprint density at radius 2 is 1.96 bits per heavy atom. The summed E-state index contributed by atoms with van der Waals surface area (Å²) in [5.41, 5.74) is 2.49. The van der Waals surface area contributed by atoms with E-state index in [2.05, 4.69) is 12.1 Å². The molecule has 1 aromatic rings. The van der Waals surface area contributed by atoms with Gasteiger partial charge in [0.15, 0.2) is 0 Å². The molecule has 0 saturated carbocycles. The normalized spacial score (nSPS) is 20.6. The van der Waals surface area contributed by atoms with Gasteiger partial charge in [0.1, 0.15) is 5.75 Å². The van der Waals surface area contributed by atoms with E-state index >= 15 is 0 Å². The maximum absolute atomic E-state index is 13.1. The number of methoxy groups -OCH3 is 1. The Hall–Kier alpha value is -2.04. The Kier molecular flexibility index (Phi) is 5.61. The summed E-state index contributed by atoms with van der Waals surface area (Å²) in [6.45, 7) is 4.70. The summed E-state index contributed by atoms with van der Waals surface area (Å²) in [4.78, 5) is 28.9. The SMILES string of the molecule is CCC(=O)N1CCCC(C(=O)N2CCCc3cc(OC)ccc3C2)C1. The highest BCUT2D eigenvalue weighted by Crippen LogP contribution is 2.26. The van der Waals surface area contributed by atoms with Crippen LogP contribution in [0.5, 0.6) is 5.75 Å². The summed E-state index contributed by atoms with van der Waals surface area (Å²) < 4.78 is 5.32. The molecule has 0 spiro atoms. The molecule has 0 N–H and O–H groups in total. The summed E-state index contributed by atoms with van der Waals surface area (Å²) in [6.07, 6.45) is 4.26. The number of amides is 2. The number of piperidine rings is 1. The van der Waals surface area contributed by atoms with Crippen molar-refractivity contribution in [1.29, 1.82) is 0 Å². The minimum atomic E-state index is -0.0518. The molecule has 2 aliphatic rings. The van der Waals surface area contributed by atoms with Gasteiger partial charge < -0.3 is 14.5 Å². The topological polar surface area (TPSA) is 49.9 Å². The molecule has 1 aromatic carbocycles. The van der Waals surface area contributed by atoms with Gasteiger partial charge in [0.05, 0.1) is 13.0 Å². The molecule has 0 aliphatic carbocycles. The van der Waals surface area contributed by atoms with Crippen molar-refractivity contribution in [2.75, 3.05) is 26.7 Å². The number of benzene rings is 1. The van der Waals surface area contributed by atoms with Crippen LogP contribution in [0.4, 0.5) is 0 Å². The Bertz CT molecular complexity index is 644. The second kappa shape index (κ2) is 7.89. The van der Waals surface area contributed by atoms with Gasteiger partial charge >= 0.3 is 0 Å². The molecule has 1 saturated heterocycles. The molecule has 2 amide bonds. The van der Waals surface area contributed by atoms with Gasteiger partial charge in [-0.2, -0.15) is 0 Å². The minimum absolute atomic E-state index is 0.0518. The lowest BCUT2D eigenvalue weighted by Gasteiger charge is -2.34. The third kappa shape index (κ3) is 3.97. The molecule has 136 valence electrons. The van der Waals surface area contributed by atoms with Crippen LogP contribution in [-0.4, -0.2) is 48.4 Å². The van der Waals surface area contributed by atoms with Crippen molar-refractivity contribution in [3.8, 4) is 5.75 Å². The molecule has 25 heavy (non-hydrogen) atoms. The number of ether oxygens (including phenoxy) is 1. The van der Waals surface area contributed by atoms with Crippen LogP contribution in [0.3, 0.4) is 0 Å². The lowest BCUT2D eigenvalue weighted by Crippen LogP contribution is -2.46.